The van der Waals surface area contributed by atoms with Crippen LogP contribution in [-0.4, -0.2) is 41.0 Å². The number of carbonyl (C=O) groups is 2. The molecule has 1 aromatic heterocycles. The molecule has 2 aliphatic rings. The number of rotatable bonds is 5. The smallest absolute Gasteiger partial charge is 0.306 e. The van der Waals surface area contributed by atoms with Gasteiger partial charge in [0.15, 0.2) is 6.61 Å². The number of piperidine rings is 1. The van der Waals surface area contributed by atoms with Crippen LogP contribution in [0.25, 0.3) is 10.9 Å². The Balaban J connectivity index is 1.27. The fourth-order valence-corrected chi connectivity index (χ4v) is 4.81. The van der Waals surface area contributed by atoms with Crippen molar-refractivity contribution in [2.75, 3.05) is 13.2 Å². The van der Waals surface area contributed by atoms with Gasteiger partial charge in [-0.15, -0.1) is 0 Å². The van der Waals surface area contributed by atoms with Gasteiger partial charge in [0.1, 0.15) is 0 Å². The zero-order chi connectivity index (χ0) is 18.6. The monoisotopic (exact) mass is 368 g/mol. The number of hydrogen-bond donors (Lipinski definition) is 1. The molecule has 5 heteroatoms. The summed E-state index contributed by atoms with van der Waals surface area (Å²) in [7, 11) is 0. The van der Waals surface area contributed by atoms with Crippen molar-refractivity contribution in [3.8, 4) is 0 Å². The topological polar surface area (TPSA) is 62.4 Å². The summed E-state index contributed by atoms with van der Waals surface area (Å²) in [5, 5.41) is 1.14. The predicted octanol–water partition coefficient (Wildman–Crippen LogP) is 3.82. The largest absolute Gasteiger partial charge is 0.456 e. The highest BCUT2D eigenvalue weighted by molar-refractivity contribution is 5.84. The van der Waals surface area contributed by atoms with E-state index in [0.717, 1.165) is 35.9 Å². The maximum atomic E-state index is 12.6. The number of esters is 1. The number of benzene rings is 1. The van der Waals surface area contributed by atoms with Gasteiger partial charge in [0.25, 0.3) is 5.91 Å². The minimum Gasteiger partial charge on any atom is -0.456 e. The Bertz CT molecular complexity index is 811. The first kappa shape index (κ1) is 18.1. The lowest BCUT2D eigenvalue weighted by atomic mass is 9.78. The molecule has 1 aliphatic carbocycles. The molecule has 2 fully saturated rings. The molecular weight excluding hydrogens is 340 g/mol. The van der Waals surface area contributed by atoms with Crippen LogP contribution in [0.1, 0.15) is 50.5 Å². The summed E-state index contributed by atoms with van der Waals surface area (Å²) in [5.74, 6) is 0.326. The number of aromatic amines is 1. The average Bonchev–Trinajstić information content (AvgIpc) is 3.13. The third-order valence-corrected chi connectivity index (χ3v) is 6.19. The Kier molecular flexibility index (Phi) is 5.46. The van der Waals surface area contributed by atoms with Crippen molar-refractivity contribution in [1.82, 2.24) is 9.88 Å². The molecule has 144 valence electrons. The highest BCUT2D eigenvalue weighted by Gasteiger charge is 2.35. The van der Waals surface area contributed by atoms with Gasteiger partial charge in [-0.05, 0) is 49.7 Å². The second kappa shape index (κ2) is 8.15. The minimum atomic E-state index is -0.300. The highest BCUT2D eigenvalue weighted by Crippen LogP contribution is 2.35. The number of aromatic nitrogens is 1. The van der Waals surface area contributed by atoms with Gasteiger partial charge >= 0.3 is 5.97 Å². The fourth-order valence-electron chi connectivity index (χ4n) is 4.81. The lowest BCUT2D eigenvalue weighted by molar-refractivity contribution is -0.154. The molecule has 4 rings (SSSR count). The summed E-state index contributed by atoms with van der Waals surface area (Å²) >= 11 is 0. The van der Waals surface area contributed by atoms with E-state index in [-0.39, 0.29) is 18.5 Å². The molecule has 0 bridgehead atoms. The predicted molar refractivity (Wildman–Crippen MR) is 104 cm³/mol. The van der Waals surface area contributed by atoms with Gasteiger partial charge in [-0.3, -0.25) is 9.59 Å². The van der Waals surface area contributed by atoms with Crippen LogP contribution in [0.15, 0.2) is 30.5 Å². The molecule has 2 heterocycles. The molecule has 1 saturated carbocycles. The first-order valence-corrected chi connectivity index (χ1v) is 10.2. The normalized spacial score (nSPS) is 22.4. The van der Waals surface area contributed by atoms with E-state index in [1.807, 2.05) is 35.4 Å². The highest BCUT2D eigenvalue weighted by atomic mass is 16.5. The Morgan fingerprint density at radius 2 is 1.93 bits per heavy atom. The van der Waals surface area contributed by atoms with Gasteiger partial charge in [0, 0.05) is 36.1 Å². The van der Waals surface area contributed by atoms with Crippen LogP contribution < -0.4 is 0 Å². The van der Waals surface area contributed by atoms with E-state index in [9.17, 15) is 9.59 Å². The van der Waals surface area contributed by atoms with Crippen LogP contribution in [0.5, 0.6) is 0 Å². The fraction of sp³-hybridized carbons (Fsp3) is 0.545. The maximum absolute atomic E-state index is 12.6. The second-order valence-corrected chi connectivity index (χ2v) is 7.86. The first-order chi connectivity index (χ1) is 13.2. The van der Waals surface area contributed by atoms with Crippen molar-refractivity contribution >= 4 is 22.8 Å². The lowest BCUT2D eigenvalue weighted by Crippen LogP contribution is -2.50. The molecule has 0 radical (unpaired) electrons. The van der Waals surface area contributed by atoms with Gasteiger partial charge in [0.05, 0.1) is 0 Å². The van der Waals surface area contributed by atoms with E-state index in [1.54, 1.807) is 0 Å². The lowest BCUT2D eigenvalue weighted by Gasteiger charge is -2.44. The van der Waals surface area contributed by atoms with Gasteiger partial charge < -0.3 is 14.6 Å². The molecule has 1 N–H and O–H groups in total. The van der Waals surface area contributed by atoms with Crippen molar-refractivity contribution < 1.29 is 14.3 Å². The molecule has 0 unspecified atom stereocenters. The van der Waals surface area contributed by atoms with Crippen LogP contribution in [0.2, 0.25) is 0 Å². The molecule has 1 amide bonds. The molecular formula is C22H28N2O3. The van der Waals surface area contributed by atoms with Crippen molar-refractivity contribution in [2.45, 2.75) is 57.4 Å². The zero-order valence-corrected chi connectivity index (χ0v) is 15.8. The van der Waals surface area contributed by atoms with E-state index < -0.39 is 0 Å². The summed E-state index contributed by atoms with van der Waals surface area (Å²) < 4.78 is 5.31. The number of likely N-dealkylation sites (tertiary alicyclic amines) is 1. The minimum absolute atomic E-state index is 0.0213. The number of aryl methyl sites for hydroxylation is 1. The third-order valence-electron chi connectivity index (χ3n) is 6.19. The van der Waals surface area contributed by atoms with Crippen molar-refractivity contribution in [2.24, 2.45) is 5.92 Å². The Morgan fingerprint density at radius 3 is 2.85 bits per heavy atom. The van der Waals surface area contributed by atoms with Gasteiger partial charge in [-0.1, -0.05) is 31.0 Å². The van der Waals surface area contributed by atoms with E-state index >= 15 is 0 Å². The second-order valence-electron chi connectivity index (χ2n) is 7.86. The van der Waals surface area contributed by atoms with E-state index in [1.165, 1.54) is 25.7 Å². The SMILES string of the molecule is O=C(CCc1c[nH]c2ccccc12)OCC(=O)N1CCC[C@@H]2CCCC[C@H]21. The molecule has 27 heavy (non-hydrogen) atoms. The quantitative estimate of drug-likeness (QED) is 0.816. The molecule has 2 atom stereocenters. The number of carbonyl (C=O) groups excluding carboxylic acids is 2. The van der Waals surface area contributed by atoms with Crippen molar-refractivity contribution in [1.29, 1.82) is 0 Å². The number of para-hydroxylation sites is 1. The number of hydrogen-bond acceptors (Lipinski definition) is 3. The van der Waals surface area contributed by atoms with E-state index in [4.69, 9.17) is 4.74 Å². The summed E-state index contributed by atoms with van der Waals surface area (Å²) in [6, 6.07) is 8.41. The Morgan fingerprint density at radius 1 is 1.11 bits per heavy atom. The molecule has 1 aliphatic heterocycles. The number of nitrogens with one attached hydrogen (secondary N) is 1. The number of nitrogens with zero attached hydrogens (tertiary/aromatic N) is 1. The van der Waals surface area contributed by atoms with E-state index in [2.05, 4.69) is 4.98 Å². The van der Waals surface area contributed by atoms with Crippen molar-refractivity contribution in [3.63, 3.8) is 0 Å². The van der Waals surface area contributed by atoms with Crippen LogP contribution in [0.3, 0.4) is 0 Å². The summed E-state index contributed by atoms with van der Waals surface area (Å²) in [6.45, 7) is 0.697. The summed E-state index contributed by atoms with van der Waals surface area (Å²) in [6.07, 6.45) is 9.98. The first-order valence-electron chi connectivity index (χ1n) is 10.2. The van der Waals surface area contributed by atoms with Gasteiger partial charge in [-0.2, -0.15) is 0 Å². The van der Waals surface area contributed by atoms with Gasteiger partial charge in [0.2, 0.25) is 0 Å². The Hall–Kier alpha value is -2.30. The standard InChI is InChI=1S/C22H28N2O3/c25-21(24-13-5-7-16-6-1-4-10-20(16)24)15-27-22(26)12-11-17-14-23-19-9-3-2-8-18(17)19/h2-3,8-9,14,16,20,23H,1,4-7,10-13,15H2/t16-,20+/m0/s1. The van der Waals surface area contributed by atoms with Crippen LogP contribution >= 0.6 is 0 Å². The van der Waals surface area contributed by atoms with Crippen LogP contribution in [-0.2, 0) is 20.7 Å². The Labute approximate surface area is 160 Å². The third kappa shape index (κ3) is 4.02. The number of fused-ring (bicyclic) bond motifs is 2. The van der Waals surface area contributed by atoms with Crippen LogP contribution in [0, 0.1) is 5.92 Å². The van der Waals surface area contributed by atoms with Gasteiger partial charge in [-0.25, -0.2) is 0 Å². The maximum Gasteiger partial charge on any atom is 0.306 e. The molecule has 0 spiro atoms. The molecule has 2 aromatic rings. The molecule has 1 aromatic carbocycles. The zero-order valence-electron chi connectivity index (χ0n) is 15.8. The van der Waals surface area contributed by atoms with Crippen LogP contribution in [0.4, 0.5) is 0 Å². The molecule has 1 saturated heterocycles. The van der Waals surface area contributed by atoms with E-state index in [0.29, 0.717) is 24.8 Å². The van der Waals surface area contributed by atoms with Crippen molar-refractivity contribution in [3.05, 3.63) is 36.0 Å². The molecule has 5 nitrogen and oxygen atoms in total. The number of H-pyrrole nitrogens is 1. The number of amides is 1. The number of ether oxygens (including phenoxy) is 1. The summed E-state index contributed by atoms with van der Waals surface area (Å²) in [5.41, 5.74) is 2.18. The summed E-state index contributed by atoms with van der Waals surface area (Å²) in [4.78, 5) is 30.0. The average molecular weight is 368 g/mol.